The number of hydrogen-bond acceptors (Lipinski definition) is 7. The molecule has 2 heterocycles. The minimum absolute atomic E-state index is 0.00219. The highest BCUT2D eigenvalue weighted by molar-refractivity contribution is 7.16. The molecule has 0 saturated heterocycles. The summed E-state index contributed by atoms with van der Waals surface area (Å²) >= 11 is 1.23. The number of ether oxygens (including phenoxy) is 3. The fraction of sp³-hybridized carbons (Fsp3) is 0.400. The van der Waals surface area contributed by atoms with Crippen LogP contribution >= 0.6 is 11.3 Å². The predicted molar refractivity (Wildman–Crippen MR) is 112 cm³/mol. The molecule has 1 amide bonds. The maximum Gasteiger partial charge on any atom is 0.325 e. The lowest BCUT2D eigenvalue weighted by Gasteiger charge is -2.09. The van der Waals surface area contributed by atoms with E-state index in [9.17, 15) is 9.59 Å². The van der Waals surface area contributed by atoms with Crippen LogP contribution < -0.4 is 14.3 Å². The maximum atomic E-state index is 13.0. The summed E-state index contributed by atoms with van der Waals surface area (Å²) in [6.07, 6.45) is 0. The molecular weight excluding hydrogens is 408 g/mol. The van der Waals surface area contributed by atoms with E-state index in [1.807, 2.05) is 20.8 Å². The van der Waals surface area contributed by atoms with Gasteiger partial charge in [-0.05, 0) is 39.0 Å². The van der Waals surface area contributed by atoms with Crippen molar-refractivity contribution in [2.24, 2.45) is 4.99 Å². The Hall–Kier alpha value is -3.14. The Kier molecular flexibility index (Phi) is 6.25. The standard InChI is InChI=1S/C20H24N4O5S/c1-11(2)24-13(9-12(3)22-24)19(26)21-20-23(10-16(25)29-6)17-14(27-4)7-8-15(28-5)18(17)30-20/h7-9,11H,10H2,1-6H3. The molecule has 0 atom stereocenters. The van der Waals surface area contributed by atoms with Gasteiger partial charge in [0.1, 0.15) is 34.0 Å². The van der Waals surface area contributed by atoms with E-state index >= 15 is 0 Å². The number of nitrogens with zero attached hydrogens (tertiary/aromatic N) is 4. The monoisotopic (exact) mass is 432 g/mol. The van der Waals surface area contributed by atoms with E-state index in [1.165, 1.54) is 25.6 Å². The Morgan fingerprint density at radius 2 is 1.83 bits per heavy atom. The van der Waals surface area contributed by atoms with Gasteiger partial charge < -0.3 is 18.8 Å². The molecule has 0 saturated carbocycles. The first-order valence-corrected chi connectivity index (χ1v) is 10.1. The average molecular weight is 433 g/mol. The van der Waals surface area contributed by atoms with Crippen molar-refractivity contribution < 1.29 is 23.8 Å². The molecule has 160 valence electrons. The summed E-state index contributed by atoms with van der Waals surface area (Å²) in [6.45, 7) is 5.57. The van der Waals surface area contributed by atoms with Crippen LogP contribution in [-0.2, 0) is 16.1 Å². The van der Waals surface area contributed by atoms with E-state index in [4.69, 9.17) is 14.2 Å². The Bertz CT molecular complexity index is 1170. The van der Waals surface area contributed by atoms with Gasteiger partial charge in [-0.2, -0.15) is 10.1 Å². The second kappa shape index (κ2) is 8.70. The zero-order valence-electron chi connectivity index (χ0n) is 17.8. The first kappa shape index (κ1) is 21.6. The smallest absolute Gasteiger partial charge is 0.325 e. The number of benzene rings is 1. The summed E-state index contributed by atoms with van der Waals surface area (Å²) in [5.41, 5.74) is 1.71. The van der Waals surface area contributed by atoms with Gasteiger partial charge in [0.25, 0.3) is 5.91 Å². The molecule has 0 aliphatic rings. The number of methoxy groups -OCH3 is 3. The molecule has 30 heavy (non-hydrogen) atoms. The molecular formula is C20H24N4O5S. The zero-order valence-corrected chi connectivity index (χ0v) is 18.6. The topological polar surface area (TPSA) is 96.9 Å². The van der Waals surface area contributed by atoms with Gasteiger partial charge in [-0.3, -0.25) is 14.3 Å². The predicted octanol–water partition coefficient (Wildman–Crippen LogP) is 2.72. The SMILES string of the molecule is COC(=O)Cn1c(=NC(=O)c2cc(C)nn2C(C)C)sc2c(OC)ccc(OC)c21. The van der Waals surface area contributed by atoms with E-state index in [0.29, 0.717) is 32.2 Å². The van der Waals surface area contributed by atoms with E-state index in [2.05, 4.69) is 10.1 Å². The number of esters is 1. The molecule has 0 unspecified atom stereocenters. The number of carbonyl (C=O) groups excluding carboxylic acids is 2. The molecule has 2 aromatic heterocycles. The van der Waals surface area contributed by atoms with Gasteiger partial charge in [0.15, 0.2) is 4.80 Å². The molecule has 0 N–H and O–H groups in total. The summed E-state index contributed by atoms with van der Waals surface area (Å²) in [5, 5.41) is 4.37. The third kappa shape index (κ3) is 3.95. The number of thiazole rings is 1. The number of amides is 1. The van der Waals surface area contributed by atoms with Gasteiger partial charge in [0, 0.05) is 6.04 Å². The van der Waals surface area contributed by atoms with Gasteiger partial charge in [-0.1, -0.05) is 11.3 Å². The Morgan fingerprint density at radius 1 is 1.17 bits per heavy atom. The van der Waals surface area contributed by atoms with E-state index < -0.39 is 11.9 Å². The van der Waals surface area contributed by atoms with Gasteiger partial charge in [-0.25, -0.2) is 0 Å². The molecule has 10 heteroatoms. The van der Waals surface area contributed by atoms with Crippen LogP contribution in [0.1, 0.15) is 36.1 Å². The van der Waals surface area contributed by atoms with Crippen LogP contribution in [0.4, 0.5) is 0 Å². The average Bonchev–Trinajstić information content (AvgIpc) is 3.28. The Morgan fingerprint density at radius 3 is 2.43 bits per heavy atom. The molecule has 9 nitrogen and oxygen atoms in total. The molecule has 0 bridgehead atoms. The summed E-state index contributed by atoms with van der Waals surface area (Å²) in [6, 6.07) is 5.20. The number of aromatic nitrogens is 3. The van der Waals surface area contributed by atoms with Crippen molar-refractivity contribution in [3.05, 3.63) is 34.4 Å². The number of aryl methyl sites for hydroxylation is 1. The largest absolute Gasteiger partial charge is 0.495 e. The van der Waals surface area contributed by atoms with Crippen LogP contribution in [0.5, 0.6) is 11.5 Å². The van der Waals surface area contributed by atoms with Crippen LogP contribution in [0, 0.1) is 6.92 Å². The summed E-state index contributed by atoms with van der Waals surface area (Å²) < 4.78 is 19.7. The third-order valence-electron chi connectivity index (χ3n) is 4.47. The molecule has 0 aliphatic heterocycles. The summed E-state index contributed by atoms with van der Waals surface area (Å²) in [4.78, 5) is 29.8. The zero-order chi connectivity index (χ0) is 22.0. The van der Waals surface area contributed by atoms with Crippen LogP contribution in [-0.4, -0.2) is 47.6 Å². The molecule has 3 rings (SSSR count). The van der Waals surface area contributed by atoms with Crippen LogP contribution in [0.2, 0.25) is 0 Å². The normalized spacial score (nSPS) is 11.9. The first-order chi connectivity index (χ1) is 14.3. The highest BCUT2D eigenvalue weighted by Gasteiger charge is 2.20. The lowest BCUT2D eigenvalue weighted by Crippen LogP contribution is -2.23. The molecule has 3 aromatic rings. The lowest BCUT2D eigenvalue weighted by atomic mass is 10.3. The summed E-state index contributed by atoms with van der Waals surface area (Å²) in [5.74, 6) is 0.193. The quantitative estimate of drug-likeness (QED) is 0.556. The Balaban J connectivity index is 2.28. The minimum Gasteiger partial charge on any atom is -0.495 e. The van der Waals surface area contributed by atoms with Gasteiger partial charge in [0.2, 0.25) is 0 Å². The second-order valence-corrected chi connectivity index (χ2v) is 7.80. The van der Waals surface area contributed by atoms with Gasteiger partial charge >= 0.3 is 5.97 Å². The highest BCUT2D eigenvalue weighted by Crippen LogP contribution is 2.35. The molecule has 1 aromatic carbocycles. The number of rotatable bonds is 6. The van der Waals surface area contributed by atoms with E-state index in [-0.39, 0.29) is 12.6 Å². The third-order valence-corrected chi connectivity index (χ3v) is 5.56. The van der Waals surface area contributed by atoms with Gasteiger partial charge in [-0.15, -0.1) is 0 Å². The van der Waals surface area contributed by atoms with Crippen molar-refractivity contribution >= 4 is 33.4 Å². The Labute approximate surface area is 177 Å². The van der Waals surface area contributed by atoms with E-state index in [1.54, 1.807) is 34.6 Å². The van der Waals surface area contributed by atoms with Crippen LogP contribution in [0.15, 0.2) is 23.2 Å². The fourth-order valence-corrected chi connectivity index (χ4v) is 4.23. The van der Waals surface area contributed by atoms with Crippen molar-refractivity contribution in [2.45, 2.75) is 33.4 Å². The van der Waals surface area contributed by atoms with Crippen LogP contribution in [0.3, 0.4) is 0 Å². The maximum absolute atomic E-state index is 13.0. The van der Waals surface area contributed by atoms with E-state index in [0.717, 1.165) is 5.69 Å². The van der Waals surface area contributed by atoms with Crippen molar-refractivity contribution in [3.63, 3.8) is 0 Å². The fourth-order valence-electron chi connectivity index (χ4n) is 3.09. The second-order valence-electron chi connectivity index (χ2n) is 6.82. The molecule has 0 aliphatic carbocycles. The van der Waals surface area contributed by atoms with Gasteiger partial charge in [0.05, 0.1) is 27.0 Å². The van der Waals surface area contributed by atoms with Crippen molar-refractivity contribution in [3.8, 4) is 11.5 Å². The van der Waals surface area contributed by atoms with Crippen molar-refractivity contribution in [1.82, 2.24) is 14.3 Å². The number of hydrogen-bond donors (Lipinski definition) is 0. The molecule has 0 radical (unpaired) electrons. The molecule has 0 spiro atoms. The number of carbonyl (C=O) groups is 2. The highest BCUT2D eigenvalue weighted by atomic mass is 32.1. The lowest BCUT2D eigenvalue weighted by molar-refractivity contribution is -0.141. The summed E-state index contributed by atoms with van der Waals surface area (Å²) in [7, 11) is 4.39. The minimum atomic E-state index is -0.475. The molecule has 0 fully saturated rings. The number of fused-ring (bicyclic) bond motifs is 1. The van der Waals surface area contributed by atoms with Crippen molar-refractivity contribution in [2.75, 3.05) is 21.3 Å². The van der Waals surface area contributed by atoms with Crippen LogP contribution in [0.25, 0.3) is 10.2 Å². The van der Waals surface area contributed by atoms with Crippen molar-refractivity contribution in [1.29, 1.82) is 0 Å². The first-order valence-electron chi connectivity index (χ1n) is 9.27.